The molecule has 22 heavy (non-hydrogen) atoms. The topological polar surface area (TPSA) is 18.5 Å². The molecule has 0 amide bonds. The molecule has 0 N–H and O–H groups in total. The van der Waals surface area contributed by atoms with E-state index in [9.17, 15) is 0 Å². The van der Waals surface area contributed by atoms with Crippen LogP contribution < -0.4 is 9.47 Å². The van der Waals surface area contributed by atoms with Gasteiger partial charge in [-0.1, -0.05) is 52.3 Å². The average molecular weight is 355 g/mol. The van der Waals surface area contributed by atoms with Crippen LogP contribution in [0, 0.1) is 6.92 Å². The smallest absolute Gasteiger partial charge is 0.275 e. The van der Waals surface area contributed by atoms with Crippen molar-refractivity contribution in [3.8, 4) is 11.5 Å². The molecule has 1 atom stereocenters. The molecule has 1 unspecified atom stereocenters. The zero-order valence-corrected chi connectivity index (χ0v) is 14.0. The summed E-state index contributed by atoms with van der Waals surface area (Å²) in [6.45, 7) is 4.04. The normalized spacial score (nSPS) is 19.6. The third kappa shape index (κ3) is 2.08. The van der Waals surface area contributed by atoms with Crippen molar-refractivity contribution in [1.29, 1.82) is 0 Å². The number of hydrogen-bond donors (Lipinski definition) is 0. The monoisotopic (exact) mass is 354 g/mol. The van der Waals surface area contributed by atoms with Crippen molar-refractivity contribution in [1.82, 2.24) is 0 Å². The first-order valence-electron chi connectivity index (χ1n) is 7.23. The molecule has 2 nitrogen and oxygen atoms in total. The highest BCUT2D eigenvalue weighted by Gasteiger charge is 2.38. The Kier molecular flexibility index (Phi) is 2.95. The van der Waals surface area contributed by atoms with Crippen molar-refractivity contribution < 1.29 is 9.47 Å². The molecule has 0 spiro atoms. The van der Waals surface area contributed by atoms with Gasteiger partial charge in [0.1, 0.15) is 0 Å². The van der Waals surface area contributed by atoms with Gasteiger partial charge in [0.05, 0.1) is 0 Å². The molecule has 1 aliphatic heterocycles. The largest absolute Gasteiger partial charge is 0.445 e. The summed E-state index contributed by atoms with van der Waals surface area (Å²) in [5.74, 6) is 0.808. The molecule has 0 radical (unpaired) electrons. The summed E-state index contributed by atoms with van der Waals surface area (Å²) in [7, 11) is 0. The SMILES string of the molecule is Cc1cc2cc3c(cc2cc1Br)OC(C)(c1ccccc1)O3. The van der Waals surface area contributed by atoms with Crippen molar-refractivity contribution >= 4 is 26.7 Å². The Bertz CT molecular complexity index is 821. The maximum Gasteiger partial charge on any atom is 0.275 e. The molecule has 0 aliphatic carbocycles. The van der Waals surface area contributed by atoms with Crippen LogP contribution in [0.15, 0.2) is 59.1 Å². The van der Waals surface area contributed by atoms with Gasteiger partial charge in [0.2, 0.25) is 0 Å². The lowest BCUT2D eigenvalue weighted by atomic mass is 10.1. The number of ether oxygens (including phenoxy) is 2. The van der Waals surface area contributed by atoms with Gasteiger partial charge in [0, 0.05) is 17.0 Å². The predicted octanol–water partition coefficient (Wildman–Crippen LogP) is 5.55. The summed E-state index contributed by atoms with van der Waals surface area (Å²) >= 11 is 3.58. The molecule has 0 aromatic heterocycles. The maximum atomic E-state index is 6.12. The van der Waals surface area contributed by atoms with E-state index in [1.54, 1.807) is 0 Å². The van der Waals surface area contributed by atoms with E-state index < -0.39 is 5.79 Å². The van der Waals surface area contributed by atoms with E-state index in [0.717, 1.165) is 32.3 Å². The van der Waals surface area contributed by atoms with Gasteiger partial charge in [0.15, 0.2) is 11.5 Å². The summed E-state index contributed by atoms with van der Waals surface area (Å²) in [6.07, 6.45) is 0. The number of halogens is 1. The number of rotatable bonds is 1. The number of benzene rings is 3. The van der Waals surface area contributed by atoms with Gasteiger partial charge in [-0.15, -0.1) is 0 Å². The lowest BCUT2D eigenvalue weighted by molar-refractivity contribution is -0.0679. The highest BCUT2D eigenvalue weighted by atomic mass is 79.9. The first kappa shape index (κ1) is 13.6. The van der Waals surface area contributed by atoms with Gasteiger partial charge >= 0.3 is 0 Å². The van der Waals surface area contributed by atoms with E-state index in [2.05, 4.69) is 41.1 Å². The Morgan fingerprint density at radius 2 is 1.45 bits per heavy atom. The summed E-state index contributed by atoms with van der Waals surface area (Å²) in [4.78, 5) is 0. The molecule has 3 aromatic carbocycles. The van der Waals surface area contributed by atoms with E-state index in [0.29, 0.717) is 0 Å². The Labute approximate surface area is 137 Å². The van der Waals surface area contributed by atoms with E-state index >= 15 is 0 Å². The van der Waals surface area contributed by atoms with Crippen molar-refractivity contribution in [3.05, 3.63) is 70.2 Å². The van der Waals surface area contributed by atoms with Crippen LogP contribution >= 0.6 is 15.9 Å². The maximum absolute atomic E-state index is 6.12. The fraction of sp³-hybridized carbons (Fsp3) is 0.158. The molecule has 3 heteroatoms. The molecule has 0 saturated carbocycles. The van der Waals surface area contributed by atoms with E-state index in [1.165, 1.54) is 5.56 Å². The minimum absolute atomic E-state index is 0.771. The highest BCUT2D eigenvalue weighted by molar-refractivity contribution is 9.10. The number of fused-ring (bicyclic) bond motifs is 2. The minimum atomic E-state index is -0.771. The zero-order chi connectivity index (χ0) is 15.3. The van der Waals surface area contributed by atoms with Crippen LogP contribution in [-0.4, -0.2) is 0 Å². The molecule has 0 saturated heterocycles. The summed E-state index contributed by atoms with van der Waals surface area (Å²) in [5, 5.41) is 2.29. The van der Waals surface area contributed by atoms with Crippen LogP contribution in [0.1, 0.15) is 18.1 Å². The summed E-state index contributed by atoms with van der Waals surface area (Å²) in [5.41, 5.74) is 2.21. The summed E-state index contributed by atoms with van der Waals surface area (Å²) < 4.78 is 13.3. The van der Waals surface area contributed by atoms with Gasteiger partial charge in [-0.05, 0) is 41.5 Å². The quantitative estimate of drug-likeness (QED) is 0.569. The molecule has 3 aromatic rings. The van der Waals surface area contributed by atoms with Crippen LogP contribution in [0.3, 0.4) is 0 Å². The first-order chi connectivity index (χ1) is 10.5. The standard InChI is InChI=1S/C19H15BrO2/c1-12-8-13-10-17-18(11-14(13)9-16(12)20)22-19(2,21-17)15-6-4-3-5-7-15/h3-11H,1-2H3. The molecule has 1 heterocycles. The number of hydrogen-bond acceptors (Lipinski definition) is 2. The third-order valence-corrected chi connectivity index (χ3v) is 4.94. The van der Waals surface area contributed by atoms with Crippen LogP contribution in [0.5, 0.6) is 11.5 Å². The van der Waals surface area contributed by atoms with Gasteiger partial charge in [0.25, 0.3) is 5.79 Å². The van der Waals surface area contributed by atoms with Crippen LogP contribution in [0.25, 0.3) is 10.8 Å². The molecule has 0 fully saturated rings. The highest BCUT2D eigenvalue weighted by Crippen LogP contribution is 2.46. The second-order valence-corrected chi connectivity index (χ2v) is 6.62. The second-order valence-electron chi connectivity index (χ2n) is 5.76. The van der Waals surface area contributed by atoms with E-state index in [1.807, 2.05) is 43.3 Å². The third-order valence-electron chi connectivity index (χ3n) is 4.09. The molecule has 110 valence electrons. The van der Waals surface area contributed by atoms with Crippen molar-refractivity contribution in [2.45, 2.75) is 19.6 Å². The average Bonchev–Trinajstić information content (AvgIpc) is 2.84. The van der Waals surface area contributed by atoms with Crippen molar-refractivity contribution in [2.75, 3.05) is 0 Å². The Morgan fingerprint density at radius 1 is 0.864 bits per heavy atom. The van der Waals surface area contributed by atoms with Crippen molar-refractivity contribution in [2.24, 2.45) is 0 Å². The fourth-order valence-corrected chi connectivity index (χ4v) is 3.21. The molecular weight excluding hydrogens is 340 g/mol. The fourth-order valence-electron chi connectivity index (χ4n) is 2.85. The van der Waals surface area contributed by atoms with E-state index in [4.69, 9.17) is 9.47 Å². The Hall–Kier alpha value is -2.00. The lowest BCUT2D eigenvalue weighted by Gasteiger charge is -2.23. The van der Waals surface area contributed by atoms with E-state index in [-0.39, 0.29) is 0 Å². The Balaban J connectivity index is 1.82. The first-order valence-corrected chi connectivity index (χ1v) is 8.02. The number of aryl methyl sites for hydroxylation is 1. The van der Waals surface area contributed by atoms with Crippen LogP contribution in [0.4, 0.5) is 0 Å². The van der Waals surface area contributed by atoms with Crippen LogP contribution in [0.2, 0.25) is 0 Å². The molecule has 0 bridgehead atoms. The van der Waals surface area contributed by atoms with Crippen molar-refractivity contribution in [3.63, 3.8) is 0 Å². The van der Waals surface area contributed by atoms with Gasteiger partial charge in [-0.2, -0.15) is 0 Å². The second kappa shape index (κ2) is 4.75. The predicted molar refractivity (Wildman–Crippen MR) is 91.4 cm³/mol. The minimum Gasteiger partial charge on any atom is -0.445 e. The van der Waals surface area contributed by atoms with Gasteiger partial charge in [-0.25, -0.2) is 0 Å². The zero-order valence-electron chi connectivity index (χ0n) is 12.4. The summed E-state index contributed by atoms with van der Waals surface area (Å²) in [6, 6.07) is 18.4. The Morgan fingerprint density at radius 3 is 2.09 bits per heavy atom. The van der Waals surface area contributed by atoms with Crippen LogP contribution in [-0.2, 0) is 5.79 Å². The van der Waals surface area contributed by atoms with Gasteiger partial charge < -0.3 is 9.47 Å². The molecule has 4 rings (SSSR count). The lowest BCUT2D eigenvalue weighted by Crippen LogP contribution is -2.31. The van der Waals surface area contributed by atoms with Gasteiger partial charge in [-0.3, -0.25) is 0 Å². The molecule has 1 aliphatic rings. The molecular formula is C19H15BrO2.